The van der Waals surface area contributed by atoms with Gasteiger partial charge in [-0.1, -0.05) is 56.9 Å². The van der Waals surface area contributed by atoms with Crippen molar-refractivity contribution in [3.63, 3.8) is 0 Å². The predicted octanol–water partition coefficient (Wildman–Crippen LogP) is 5.44. The molecular formula is C19H34O4. The average Bonchev–Trinajstić information content (AvgIpc) is 2.57. The second-order valence-corrected chi connectivity index (χ2v) is 5.80. The number of methoxy groups -OCH3 is 1. The first-order valence-electron chi connectivity index (χ1n) is 8.93. The summed E-state index contributed by atoms with van der Waals surface area (Å²) in [5, 5.41) is 8.89. The van der Waals surface area contributed by atoms with Crippen LogP contribution in [0.5, 0.6) is 0 Å². The molecule has 0 aromatic rings. The molecule has 0 fully saturated rings. The van der Waals surface area contributed by atoms with Crippen LogP contribution in [0.1, 0.15) is 77.6 Å². The summed E-state index contributed by atoms with van der Waals surface area (Å²) in [6.45, 7) is 2.20. The first kappa shape index (κ1) is 21.9. The van der Waals surface area contributed by atoms with E-state index in [1.54, 1.807) is 0 Å². The van der Waals surface area contributed by atoms with Gasteiger partial charge in [-0.05, 0) is 38.5 Å². The average molecular weight is 326 g/mol. The van der Waals surface area contributed by atoms with Gasteiger partial charge in [-0.15, -0.1) is 0 Å². The van der Waals surface area contributed by atoms with E-state index in [1.807, 2.05) is 6.08 Å². The number of rotatable bonds is 15. The number of carbonyl (C=O) groups excluding carboxylic acids is 1. The van der Waals surface area contributed by atoms with Crippen LogP contribution < -0.4 is 0 Å². The molecule has 0 aromatic carbocycles. The van der Waals surface area contributed by atoms with E-state index in [4.69, 9.17) is 5.26 Å². The summed E-state index contributed by atoms with van der Waals surface area (Å²) >= 11 is 0. The van der Waals surface area contributed by atoms with Crippen molar-refractivity contribution in [3.8, 4) is 0 Å². The van der Waals surface area contributed by atoms with Crippen molar-refractivity contribution in [2.75, 3.05) is 7.11 Å². The Morgan fingerprint density at radius 1 is 1.00 bits per heavy atom. The molecular weight excluding hydrogens is 292 g/mol. The molecule has 4 heteroatoms. The molecule has 0 spiro atoms. The highest BCUT2D eigenvalue weighted by molar-refractivity contribution is 5.68. The van der Waals surface area contributed by atoms with Gasteiger partial charge in [0.1, 0.15) is 6.10 Å². The maximum atomic E-state index is 10.9. The van der Waals surface area contributed by atoms with Crippen LogP contribution in [-0.4, -0.2) is 24.4 Å². The zero-order valence-electron chi connectivity index (χ0n) is 14.8. The fourth-order valence-electron chi connectivity index (χ4n) is 2.25. The van der Waals surface area contributed by atoms with Crippen LogP contribution in [0.25, 0.3) is 0 Å². The molecule has 0 saturated heterocycles. The largest absolute Gasteiger partial charge is 0.469 e. The summed E-state index contributed by atoms with van der Waals surface area (Å²) in [5.74, 6) is -0.129. The molecule has 0 bridgehead atoms. The summed E-state index contributed by atoms with van der Waals surface area (Å²) in [5.41, 5.74) is 0. The minimum absolute atomic E-state index is 0.129. The number of esters is 1. The van der Waals surface area contributed by atoms with Gasteiger partial charge >= 0.3 is 5.97 Å². The van der Waals surface area contributed by atoms with Gasteiger partial charge in [-0.2, -0.15) is 0 Å². The lowest BCUT2D eigenvalue weighted by Gasteiger charge is -2.05. The molecule has 0 aromatic heterocycles. The number of ether oxygens (including phenoxy) is 1. The van der Waals surface area contributed by atoms with Crippen molar-refractivity contribution in [2.24, 2.45) is 0 Å². The zero-order valence-corrected chi connectivity index (χ0v) is 14.8. The van der Waals surface area contributed by atoms with Crippen molar-refractivity contribution in [1.82, 2.24) is 0 Å². The van der Waals surface area contributed by atoms with E-state index in [1.165, 1.54) is 26.4 Å². The Morgan fingerprint density at radius 2 is 1.70 bits per heavy atom. The van der Waals surface area contributed by atoms with Crippen molar-refractivity contribution in [3.05, 3.63) is 24.3 Å². The third kappa shape index (κ3) is 15.5. The van der Waals surface area contributed by atoms with Crippen LogP contribution >= 0.6 is 0 Å². The maximum absolute atomic E-state index is 10.9. The molecule has 0 aliphatic heterocycles. The van der Waals surface area contributed by atoms with Crippen molar-refractivity contribution in [1.29, 1.82) is 0 Å². The molecule has 0 radical (unpaired) electrons. The molecule has 0 aliphatic rings. The standard InChI is InChI=1S/C19H34O4/c1-3-4-5-6-9-12-15-18(23-21)16-13-10-7-8-11-14-17-19(20)22-2/h9,12-13,16,18,21H,3-8,10-11,14-15,17H2,1-2H3/b12-9-,16-13+. The summed E-state index contributed by atoms with van der Waals surface area (Å²) in [4.78, 5) is 15.4. The summed E-state index contributed by atoms with van der Waals surface area (Å²) in [7, 11) is 1.42. The van der Waals surface area contributed by atoms with E-state index in [9.17, 15) is 4.79 Å². The Labute approximate surface area is 141 Å². The van der Waals surface area contributed by atoms with Crippen LogP contribution in [0.15, 0.2) is 24.3 Å². The van der Waals surface area contributed by atoms with Gasteiger partial charge in [0, 0.05) is 6.42 Å². The highest BCUT2D eigenvalue weighted by Crippen LogP contribution is 2.08. The van der Waals surface area contributed by atoms with E-state index < -0.39 is 0 Å². The monoisotopic (exact) mass is 326 g/mol. The number of allylic oxidation sites excluding steroid dienone is 2. The van der Waals surface area contributed by atoms with Gasteiger partial charge in [-0.25, -0.2) is 4.89 Å². The van der Waals surface area contributed by atoms with E-state index >= 15 is 0 Å². The number of unbranched alkanes of at least 4 members (excludes halogenated alkanes) is 7. The Bertz CT molecular complexity index is 323. The molecule has 0 saturated carbocycles. The van der Waals surface area contributed by atoms with Crippen LogP contribution in [0, 0.1) is 0 Å². The van der Waals surface area contributed by atoms with E-state index in [-0.39, 0.29) is 12.1 Å². The molecule has 134 valence electrons. The topological polar surface area (TPSA) is 55.8 Å². The predicted molar refractivity (Wildman–Crippen MR) is 94.3 cm³/mol. The van der Waals surface area contributed by atoms with Gasteiger partial charge in [-0.3, -0.25) is 10.1 Å². The lowest BCUT2D eigenvalue weighted by atomic mass is 10.1. The molecule has 1 atom stereocenters. The molecule has 0 amide bonds. The number of carbonyl (C=O) groups is 1. The number of hydrogen-bond acceptors (Lipinski definition) is 4. The van der Waals surface area contributed by atoms with Gasteiger partial charge in [0.25, 0.3) is 0 Å². The van der Waals surface area contributed by atoms with Crippen LogP contribution in [0.4, 0.5) is 0 Å². The van der Waals surface area contributed by atoms with Gasteiger partial charge in [0.15, 0.2) is 0 Å². The summed E-state index contributed by atoms with van der Waals surface area (Å²) in [6.07, 6.45) is 19.1. The fourth-order valence-corrected chi connectivity index (χ4v) is 2.25. The highest BCUT2D eigenvalue weighted by Gasteiger charge is 2.01. The Hall–Kier alpha value is -1.13. The SMILES string of the molecule is CCCCC/C=C\CC(/C=C/CCCCCCC(=O)OC)OO. The lowest BCUT2D eigenvalue weighted by Crippen LogP contribution is -2.05. The lowest BCUT2D eigenvalue weighted by molar-refractivity contribution is -0.264. The molecule has 0 heterocycles. The molecule has 23 heavy (non-hydrogen) atoms. The molecule has 0 aliphatic carbocycles. The van der Waals surface area contributed by atoms with Crippen LogP contribution in [0.2, 0.25) is 0 Å². The Morgan fingerprint density at radius 3 is 2.39 bits per heavy atom. The van der Waals surface area contributed by atoms with E-state index in [2.05, 4.69) is 34.8 Å². The molecule has 4 nitrogen and oxygen atoms in total. The minimum Gasteiger partial charge on any atom is -0.469 e. The smallest absolute Gasteiger partial charge is 0.305 e. The van der Waals surface area contributed by atoms with Crippen molar-refractivity contribution < 1.29 is 19.7 Å². The first-order valence-corrected chi connectivity index (χ1v) is 8.93. The van der Waals surface area contributed by atoms with E-state index in [0.29, 0.717) is 12.8 Å². The zero-order chi connectivity index (χ0) is 17.2. The first-order chi connectivity index (χ1) is 11.2. The van der Waals surface area contributed by atoms with Crippen molar-refractivity contribution in [2.45, 2.75) is 83.7 Å². The molecule has 0 rings (SSSR count). The van der Waals surface area contributed by atoms with Gasteiger partial charge < -0.3 is 4.74 Å². The maximum Gasteiger partial charge on any atom is 0.305 e. The third-order valence-corrected chi connectivity index (χ3v) is 3.72. The van der Waals surface area contributed by atoms with Crippen LogP contribution in [0.3, 0.4) is 0 Å². The van der Waals surface area contributed by atoms with Gasteiger partial charge in [0.05, 0.1) is 7.11 Å². The van der Waals surface area contributed by atoms with E-state index in [0.717, 1.165) is 38.5 Å². The van der Waals surface area contributed by atoms with Crippen molar-refractivity contribution >= 4 is 5.97 Å². The normalized spacial score (nSPS) is 13.0. The molecule has 1 N–H and O–H groups in total. The second kappa shape index (κ2) is 17.2. The summed E-state index contributed by atoms with van der Waals surface area (Å²) in [6, 6.07) is 0. The third-order valence-electron chi connectivity index (χ3n) is 3.72. The van der Waals surface area contributed by atoms with Crippen LogP contribution in [-0.2, 0) is 14.4 Å². The highest BCUT2D eigenvalue weighted by atomic mass is 17.1. The minimum atomic E-state index is -0.253. The number of hydrogen-bond donors (Lipinski definition) is 1. The molecule has 1 unspecified atom stereocenters. The van der Waals surface area contributed by atoms with Gasteiger partial charge in [0.2, 0.25) is 0 Å². The summed E-state index contributed by atoms with van der Waals surface area (Å²) < 4.78 is 4.60. The Balaban J connectivity index is 3.59. The Kier molecular flexibility index (Phi) is 16.4. The second-order valence-electron chi connectivity index (χ2n) is 5.80. The quantitative estimate of drug-likeness (QED) is 0.143. The fraction of sp³-hybridized carbons (Fsp3) is 0.737.